The number of carbonyl (C=O) groups excluding carboxylic acids is 1. The molecule has 3 rings (SSSR count). The summed E-state index contributed by atoms with van der Waals surface area (Å²) in [6.45, 7) is 1.66. The monoisotopic (exact) mass is 297 g/mol. The van der Waals surface area contributed by atoms with E-state index in [0.29, 0.717) is 5.69 Å². The van der Waals surface area contributed by atoms with Gasteiger partial charge in [0.1, 0.15) is 18.1 Å². The lowest BCUT2D eigenvalue weighted by Crippen LogP contribution is -2.37. The summed E-state index contributed by atoms with van der Waals surface area (Å²) in [5, 5.41) is 12.9. The van der Waals surface area contributed by atoms with E-state index in [1.165, 1.54) is 0 Å². The molecule has 8 heteroatoms. The number of rotatable bonds is 3. The van der Waals surface area contributed by atoms with Crippen molar-refractivity contribution in [1.29, 1.82) is 5.26 Å². The molecule has 1 unspecified atom stereocenters. The molecule has 22 heavy (non-hydrogen) atoms. The number of anilines is 1. The molecule has 0 aromatic carbocycles. The lowest BCUT2D eigenvalue weighted by atomic mass is 10.1. The maximum absolute atomic E-state index is 11.1. The Hall–Kier alpha value is -2.95. The zero-order chi connectivity index (χ0) is 15.5. The zero-order valence-corrected chi connectivity index (χ0v) is 11.9. The molecule has 1 aliphatic rings. The van der Waals surface area contributed by atoms with Crippen LogP contribution in [0, 0.1) is 11.3 Å². The lowest BCUT2D eigenvalue weighted by molar-refractivity contribution is 0.0990. The summed E-state index contributed by atoms with van der Waals surface area (Å²) in [5.41, 5.74) is 6.55. The Morgan fingerprint density at radius 1 is 1.41 bits per heavy atom. The van der Waals surface area contributed by atoms with Crippen molar-refractivity contribution in [2.75, 3.05) is 18.0 Å². The molecule has 3 heterocycles. The first kappa shape index (κ1) is 14.0. The smallest absolute Gasteiger partial charge is 0.288 e. The van der Waals surface area contributed by atoms with Crippen molar-refractivity contribution in [2.45, 2.75) is 18.9 Å². The number of nitrogens with two attached hydrogens (primary N) is 1. The molecular weight excluding hydrogens is 282 g/mol. The van der Waals surface area contributed by atoms with Gasteiger partial charge in [-0.15, -0.1) is 5.10 Å². The van der Waals surface area contributed by atoms with Crippen LogP contribution in [0.3, 0.4) is 0 Å². The van der Waals surface area contributed by atoms with Gasteiger partial charge in [0.2, 0.25) is 5.82 Å². The van der Waals surface area contributed by atoms with Gasteiger partial charge in [-0.25, -0.2) is 14.6 Å². The first-order valence-electron chi connectivity index (χ1n) is 6.99. The van der Waals surface area contributed by atoms with Crippen LogP contribution >= 0.6 is 0 Å². The summed E-state index contributed by atoms with van der Waals surface area (Å²) in [4.78, 5) is 21.3. The van der Waals surface area contributed by atoms with Gasteiger partial charge in [0.15, 0.2) is 0 Å². The molecule has 112 valence electrons. The van der Waals surface area contributed by atoms with Crippen molar-refractivity contribution in [2.24, 2.45) is 5.73 Å². The number of hydrogen-bond donors (Lipinski definition) is 1. The van der Waals surface area contributed by atoms with E-state index < -0.39 is 5.91 Å². The molecule has 0 aliphatic carbocycles. The Morgan fingerprint density at radius 2 is 2.27 bits per heavy atom. The number of hydrogen-bond acceptors (Lipinski definition) is 6. The van der Waals surface area contributed by atoms with Gasteiger partial charge in [-0.05, 0) is 25.0 Å². The number of primary amides is 1. The second-order valence-electron chi connectivity index (χ2n) is 5.17. The summed E-state index contributed by atoms with van der Waals surface area (Å²) in [6, 6.07) is 5.74. The highest BCUT2D eigenvalue weighted by atomic mass is 16.1. The maximum atomic E-state index is 11.1. The van der Waals surface area contributed by atoms with Crippen LogP contribution in [0.5, 0.6) is 0 Å². The molecule has 8 nitrogen and oxygen atoms in total. The van der Waals surface area contributed by atoms with E-state index in [4.69, 9.17) is 11.0 Å². The molecule has 1 amide bonds. The molecule has 2 aromatic rings. The number of piperidine rings is 1. The molecule has 0 radical (unpaired) electrons. The predicted molar refractivity (Wildman–Crippen MR) is 78.0 cm³/mol. The number of nitriles is 1. The normalized spacial score (nSPS) is 18.0. The molecule has 2 aromatic heterocycles. The number of aromatic nitrogens is 4. The third-order valence-corrected chi connectivity index (χ3v) is 3.73. The van der Waals surface area contributed by atoms with Crippen LogP contribution in [0.25, 0.3) is 0 Å². The largest absolute Gasteiger partial charge is 0.368 e. The summed E-state index contributed by atoms with van der Waals surface area (Å²) < 4.78 is 1.70. The van der Waals surface area contributed by atoms with Crippen LogP contribution in [0.1, 0.15) is 35.2 Å². The van der Waals surface area contributed by atoms with Crippen LogP contribution in [0.4, 0.5) is 5.69 Å². The maximum Gasteiger partial charge on any atom is 0.288 e. The van der Waals surface area contributed by atoms with Crippen LogP contribution in [0.15, 0.2) is 24.7 Å². The minimum atomic E-state index is -0.622. The Morgan fingerprint density at radius 3 is 2.91 bits per heavy atom. The van der Waals surface area contributed by atoms with Crippen LogP contribution in [-0.2, 0) is 0 Å². The molecule has 0 saturated carbocycles. The van der Waals surface area contributed by atoms with E-state index in [0.717, 1.165) is 31.6 Å². The Labute approximate surface area is 127 Å². The SMILES string of the molecule is N#Cc1ccc(N2CCCC(n3cnc(C(N)=O)n3)C2)cn1. The lowest BCUT2D eigenvalue weighted by Gasteiger charge is -2.34. The standard InChI is InChI=1S/C14H15N7O/c15-6-10-3-4-11(7-17-10)20-5-1-2-12(8-20)21-9-18-14(19-21)13(16)22/h3-4,7,9,12H,1-2,5,8H2,(H2,16,22). The molecular formula is C14H15N7O. The average Bonchev–Trinajstić information content (AvgIpc) is 3.05. The first-order chi connectivity index (χ1) is 10.7. The van der Waals surface area contributed by atoms with Gasteiger partial charge in [-0.1, -0.05) is 0 Å². The van der Waals surface area contributed by atoms with Gasteiger partial charge in [-0.3, -0.25) is 4.79 Å². The van der Waals surface area contributed by atoms with E-state index in [2.05, 4.69) is 20.0 Å². The minimum absolute atomic E-state index is 0.0390. The van der Waals surface area contributed by atoms with Crippen LogP contribution < -0.4 is 10.6 Å². The van der Waals surface area contributed by atoms with Crippen molar-refractivity contribution >= 4 is 11.6 Å². The second kappa shape index (κ2) is 5.81. The minimum Gasteiger partial charge on any atom is -0.368 e. The summed E-state index contributed by atoms with van der Waals surface area (Å²) in [7, 11) is 0. The van der Waals surface area contributed by atoms with Gasteiger partial charge >= 0.3 is 0 Å². The topological polar surface area (TPSA) is 114 Å². The number of nitrogens with zero attached hydrogens (tertiary/aromatic N) is 6. The molecule has 1 atom stereocenters. The van der Waals surface area contributed by atoms with E-state index in [9.17, 15) is 4.79 Å². The second-order valence-corrected chi connectivity index (χ2v) is 5.17. The molecule has 0 bridgehead atoms. The molecule has 1 saturated heterocycles. The average molecular weight is 297 g/mol. The van der Waals surface area contributed by atoms with Gasteiger partial charge in [0.05, 0.1) is 17.9 Å². The summed E-state index contributed by atoms with van der Waals surface area (Å²) >= 11 is 0. The molecule has 1 fully saturated rings. The number of amides is 1. The molecule has 1 aliphatic heterocycles. The van der Waals surface area contributed by atoms with Gasteiger partial charge in [0.25, 0.3) is 5.91 Å². The van der Waals surface area contributed by atoms with Crippen LogP contribution in [0.2, 0.25) is 0 Å². The van der Waals surface area contributed by atoms with E-state index in [1.54, 1.807) is 23.3 Å². The van der Waals surface area contributed by atoms with Crippen molar-refractivity contribution in [1.82, 2.24) is 19.7 Å². The highest BCUT2D eigenvalue weighted by molar-refractivity contribution is 5.88. The summed E-state index contributed by atoms with van der Waals surface area (Å²) in [5.74, 6) is -0.583. The van der Waals surface area contributed by atoms with E-state index in [1.807, 2.05) is 12.1 Å². The van der Waals surface area contributed by atoms with Crippen molar-refractivity contribution in [3.8, 4) is 6.07 Å². The molecule has 2 N–H and O–H groups in total. The predicted octanol–water partition coefficient (Wildman–Crippen LogP) is 0.485. The third-order valence-electron chi connectivity index (χ3n) is 3.73. The third kappa shape index (κ3) is 2.74. The highest BCUT2D eigenvalue weighted by Gasteiger charge is 2.23. The number of pyridine rings is 1. The Kier molecular flexibility index (Phi) is 3.70. The Bertz CT molecular complexity index is 716. The fourth-order valence-electron chi connectivity index (χ4n) is 2.61. The van der Waals surface area contributed by atoms with Gasteiger partial charge < -0.3 is 10.6 Å². The fourth-order valence-corrected chi connectivity index (χ4v) is 2.61. The summed E-state index contributed by atoms with van der Waals surface area (Å²) in [6.07, 6.45) is 5.21. The zero-order valence-electron chi connectivity index (χ0n) is 11.9. The number of carbonyl (C=O) groups is 1. The van der Waals surface area contributed by atoms with Gasteiger partial charge in [0, 0.05) is 13.1 Å². The molecule has 0 spiro atoms. The van der Waals surface area contributed by atoms with E-state index in [-0.39, 0.29) is 11.9 Å². The van der Waals surface area contributed by atoms with Crippen molar-refractivity contribution in [3.05, 3.63) is 36.2 Å². The van der Waals surface area contributed by atoms with Gasteiger partial charge in [-0.2, -0.15) is 5.26 Å². The van der Waals surface area contributed by atoms with Crippen molar-refractivity contribution in [3.63, 3.8) is 0 Å². The van der Waals surface area contributed by atoms with E-state index >= 15 is 0 Å². The Balaban J connectivity index is 1.75. The first-order valence-corrected chi connectivity index (χ1v) is 6.99. The quantitative estimate of drug-likeness (QED) is 0.881. The van der Waals surface area contributed by atoms with Crippen LogP contribution in [-0.4, -0.2) is 38.7 Å². The fraction of sp³-hybridized carbons (Fsp3) is 0.357. The van der Waals surface area contributed by atoms with Crippen molar-refractivity contribution < 1.29 is 4.79 Å². The highest BCUT2D eigenvalue weighted by Crippen LogP contribution is 2.25.